The molecule has 16 heavy (non-hydrogen) atoms. The number of hydrogen-bond donors (Lipinski definition) is 2. The average Bonchev–Trinajstić information content (AvgIpc) is 2.71. The van der Waals surface area contributed by atoms with Gasteiger partial charge in [0, 0.05) is 5.54 Å². The van der Waals surface area contributed by atoms with Crippen molar-refractivity contribution in [3.8, 4) is 5.75 Å². The smallest absolute Gasteiger partial charge is 0.115 e. The topological polar surface area (TPSA) is 32.3 Å². The molecule has 2 N–H and O–H groups in total. The maximum absolute atomic E-state index is 9.28. The Hall–Kier alpha value is -1.02. The number of hydrogen-bond acceptors (Lipinski definition) is 2. The van der Waals surface area contributed by atoms with Crippen molar-refractivity contribution in [3.63, 3.8) is 0 Å². The molecule has 0 spiro atoms. The minimum Gasteiger partial charge on any atom is -0.508 e. The lowest BCUT2D eigenvalue weighted by Gasteiger charge is -2.34. The molecule has 1 unspecified atom stereocenters. The van der Waals surface area contributed by atoms with Gasteiger partial charge >= 0.3 is 0 Å². The predicted molar refractivity (Wildman–Crippen MR) is 66.6 cm³/mol. The summed E-state index contributed by atoms with van der Waals surface area (Å²) >= 11 is 0. The monoisotopic (exact) mass is 219 g/mol. The third-order valence-electron chi connectivity index (χ3n) is 3.84. The highest BCUT2D eigenvalue weighted by Crippen LogP contribution is 2.31. The maximum Gasteiger partial charge on any atom is 0.115 e. The fourth-order valence-corrected chi connectivity index (χ4v) is 2.66. The first kappa shape index (κ1) is 11.5. The van der Waals surface area contributed by atoms with Crippen LogP contribution in [-0.4, -0.2) is 17.2 Å². The van der Waals surface area contributed by atoms with Gasteiger partial charge in [-0.1, -0.05) is 26.0 Å². The lowest BCUT2D eigenvalue weighted by atomic mass is 9.80. The van der Waals surface area contributed by atoms with Crippen molar-refractivity contribution < 1.29 is 5.11 Å². The van der Waals surface area contributed by atoms with E-state index in [0.717, 1.165) is 13.0 Å². The Morgan fingerprint density at radius 2 is 2.00 bits per heavy atom. The van der Waals surface area contributed by atoms with E-state index < -0.39 is 0 Å². The molecule has 2 rings (SSSR count). The summed E-state index contributed by atoms with van der Waals surface area (Å²) in [5, 5.41) is 12.9. The van der Waals surface area contributed by atoms with Crippen molar-refractivity contribution in [1.29, 1.82) is 0 Å². The van der Waals surface area contributed by atoms with Crippen molar-refractivity contribution in [3.05, 3.63) is 29.8 Å². The predicted octanol–water partition coefficient (Wildman–Crippen LogP) is 2.71. The number of benzene rings is 1. The fraction of sp³-hybridized carbons (Fsp3) is 0.571. The molecule has 1 heterocycles. The standard InChI is InChI=1S/C14H21NO/c1-11(2)14(8-3-9-15-14)10-12-4-6-13(16)7-5-12/h4-7,11,15-16H,3,8-10H2,1-2H3. The van der Waals surface area contributed by atoms with Crippen LogP contribution in [0, 0.1) is 5.92 Å². The van der Waals surface area contributed by atoms with Gasteiger partial charge in [-0.3, -0.25) is 0 Å². The van der Waals surface area contributed by atoms with E-state index in [4.69, 9.17) is 0 Å². The Morgan fingerprint density at radius 1 is 1.31 bits per heavy atom. The van der Waals surface area contributed by atoms with Gasteiger partial charge in [0.15, 0.2) is 0 Å². The fourth-order valence-electron chi connectivity index (χ4n) is 2.66. The lowest BCUT2D eigenvalue weighted by molar-refractivity contribution is 0.269. The summed E-state index contributed by atoms with van der Waals surface area (Å²) in [6, 6.07) is 7.61. The largest absolute Gasteiger partial charge is 0.508 e. The van der Waals surface area contributed by atoms with Gasteiger partial charge in [0.1, 0.15) is 5.75 Å². The second kappa shape index (κ2) is 4.46. The van der Waals surface area contributed by atoms with Crippen LogP contribution in [0.15, 0.2) is 24.3 Å². The molecule has 2 nitrogen and oxygen atoms in total. The van der Waals surface area contributed by atoms with Crippen LogP contribution >= 0.6 is 0 Å². The summed E-state index contributed by atoms with van der Waals surface area (Å²) in [5.41, 5.74) is 1.57. The molecule has 0 aliphatic carbocycles. The Bertz CT molecular complexity index is 336. The van der Waals surface area contributed by atoms with Crippen LogP contribution < -0.4 is 5.32 Å². The summed E-state index contributed by atoms with van der Waals surface area (Å²) in [5.74, 6) is 0.991. The Morgan fingerprint density at radius 3 is 2.50 bits per heavy atom. The zero-order valence-electron chi connectivity index (χ0n) is 10.2. The van der Waals surface area contributed by atoms with E-state index in [9.17, 15) is 5.11 Å². The minimum absolute atomic E-state index is 0.261. The van der Waals surface area contributed by atoms with Gasteiger partial charge in [-0.05, 0) is 49.4 Å². The van der Waals surface area contributed by atoms with Gasteiger partial charge in [0.05, 0.1) is 0 Å². The Kier molecular flexibility index (Phi) is 3.20. The number of nitrogens with one attached hydrogen (secondary N) is 1. The molecule has 1 aromatic carbocycles. The van der Waals surface area contributed by atoms with Gasteiger partial charge in [0.2, 0.25) is 0 Å². The summed E-state index contributed by atoms with van der Waals surface area (Å²) < 4.78 is 0. The van der Waals surface area contributed by atoms with E-state index in [2.05, 4.69) is 19.2 Å². The molecule has 0 aromatic heterocycles. The number of rotatable bonds is 3. The molecule has 1 aliphatic heterocycles. The lowest BCUT2D eigenvalue weighted by Crippen LogP contribution is -2.46. The van der Waals surface area contributed by atoms with E-state index >= 15 is 0 Å². The molecule has 88 valence electrons. The van der Waals surface area contributed by atoms with Crippen LogP contribution in [-0.2, 0) is 6.42 Å². The second-order valence-corrected chi connectivity index (χ2v) is 5.18. The van der Waals surface area contributed by atoms with Crippen LogP contribution in [0.3, 0.4) is 0 Å². The van der Waals surface area contributed by atoms with E-state index in [1.54, 1.807) is 12.1 Å². The highest BCUT2D eigenvalue weighted by Gasteiger charge is 2.36. The zero-order valence-corrected chi connectivity index (χ0v) is 10.2. The normalized spacial score (nSPS) is 25.2. The molecule has 0 saturated carbocycles. The van der Waals surface area contributed by atoms with Gasteiger partial charge in [-0.25, -0.2) is 0 Å². The highest BCUT2D eigenvalue weighted by atomic mass is 16.3. The first-order chi connectivity index (χ1) is 7.62. The minimum atomic E-state index is 0.261. The van der Waals surface area contributed by atoms with Crippen molar-refractivity contribution in [1.82, 2.24) is 5.32 Å². The van der Waals surface area contributed by atoms with Gasteiger partial charge in [-0.2, -0.15) is 0 Å². The van der Waals surface area contributed by atoms with E-state index in [0.29, 0.717) is 11.7 Å². The maximum atomic E-state index is 9.28. The molecule has 0 radical (unpaired) electrons. The van der Waals surface area contributed by atoms with Crippen molar-refractivity contribution in [2.45, 2.75) is 38.6 Å². The highest BCUT2D eigenvalue weighted by molar-refractivity contribution is 5.27. The van der Waals surface area contributed by atoms with Crippen molar-refractivity contribution >= 4 is 0 Å². The number of phenolic OH excluding ortho intramolecular Hbond substituents is 1. The van der Waals surface area contributed by atoms with E-state index in [-0.39, 0.29) is 5.54 Å². The molecule has 1 atom stereocenters. The van der Waals surface area contributed by atoms with Crippen molar-refractivity contribution in [2.75, 3.05) is 6.54 Å². The summed E-state index contributed by atoms with van der Waals surface area (Å²) in [6.45, 7) is 5.72. The molecular formula is C14H21NO. The van der Waals surface area contributed by atoms with Crippen LogP contribution in [0.25, 0.3) is 0 Å². The molecule has 2 heteroatoms. The summed E-state index contributed by atoms with van der Waals surface area (Å²) in [7, 11) is 0. The second-order valence-electron chi connectivity index (χ2n) is 5.18. The van der Waals surface area contributed by atoms with Crippen LogP contribution in [0.1, 0.15) is 32.3 Å². The number of phenols is 1. The molecule has 0 amide bonds. The van der Waals surface area contributed by atoms with Gasteiger partial charge < -0.3 is 10.4 Å². The van der Waals surface area contributed by atoms with Crippen LogP contribution in [0.4, 0.5) is 0 Å². The van der Waals surface area contributed by atoms with Crippen LogP contribution in [0.2, 0.25) is 0 Å². The third kappa shape index (κ3) is 2.22. The first-order valence-electron chi connectivity index (χ1n) is 6.15. The third-order valence-corrected chi connectivity index (χ3v) is 3.84. The Balaban J connectivity index is 2.14. The molecule has 0 bridgehead atoms. The molecular weight excluding hydrogens is 198 g/mol. The number of aromatic hydroxyl groups is 1. The van der Waals surface area contributed by atoms with E-state index in [1.165, 1.54) is 18.4 Å². The zero-order chi connectivity index (χ0) is 11.6. The summed E-state index contributed by atoms with van der Waals surface area (Å²) in [6.07, 6.45) is 3.59. The molecule has 1 saturated heterocycles. The molecule has 1 aliphatic rings. The summed E-state index contributed by atoms with van der Waals surface area (Å²) in [4.78, 5) is 0. The van der Waals surface area contributed by atoms with Crippen LogP contribution in [0.5, 0.6) is 5.75 Å². The quantitative estimate of drug-likeness (QED) is 0.819. The van der Waals surface area contributed by atoms with E-state index in [1.807, 2.05) is 12.1 Å². The average molecular weight is 219 g/mol. The molecule has 1 aromatic rings. The first-order valence-corrected chi connectivity index (χ1v) is 6.15. The van der Waals surface area contributed by atoms with Gasteiger partial charge in [0.25, 0.3) is 0 Å². The SMILES string of the molecule is CC(C)C1(Cc2ccc(O)cc2)CCCN1. The van der Waals surface area contributed by atoms with Gasteiger partial charge in [-0.15, -0.1) is 0 Å². The molecule has 1 fully saturated rings. The van der Waals surface area contributed by atoms with Crippen molar-refractivity contribution in [2.24, 2.45) is 5.92 Å². The Labute approximate surface area is 97.7 Å².